The molecule has 0 bridgehead atoms. The Labute approximate surface area is 88.1 Å². The van der Waals surface area contributed by atoms with E-state index in [1.165, 1.54) is 14.1 Å². The van der Waals surface area contributed by atoms with Crippen LogP contribution in [0.5, 0.6) is 0 Å². The molecule has 0 aliphatic carbocycles. The average molecular weight is 310 g/mol. The number of rotatable bonds is 1. The van der Waals surface area contributed by atoms with Crippen LogP contribution in [0.4, 0.5) is 5.69 Å². The van der Waals surface area contributed by atoms with Gasteiger partial charge in [-0.25, -0.2) is 0 Å². The zero-order chi connectivity index (χ0) is 9.47. The third kappa shape index (κ3) is 1.67. The Morgan fingerprint density at radius 2 is 2.08 bits per heavy atom. The Balaban J connectivity index is 2.51. The SMILES string of the molecule is CS(=O)(=O)N1C[I-]c2ccccc21. The van der Waals surface area contributed by atoms with Gasteiger partial charge in [0.25, 0.3) is 0 Å². The third-order valence-corrected chi connectivity index (χ3v) is 6.18. The predicted octanol–water partition coefficient (Wildman–Crippen LogP) is -2.32. The van der Waals surface area contributed by atoms with E-state index < -0.39 is 10.0 Å². The monoisotopic (exact) mass is 310 g/mol. The molecule has 0 saturated carbocycles. The number of hydrogen-bond donors (Lipinski definition) is 0. The van der Waals surface area contributed by atoms with Crippen molar-refractivity contribution in [2.75, 3.05) is 15.1 Å². The second-order valence-electron chi connectivity index (χ2n) is 2.82. The molecule has 1 aromatic rings. The van der Waals surface area contributed by atoms with Gasteiger partial charge < -0.3 is 0 Å². The second-order valence-corrected chi connectivity index (χ2v) is 7.33. The van der Waals surface area contributed by atoms with Crippen molar-refractivity contribution in [2.45, 2.75) is 0 Å². The molecule has 0 N–H and O–H groups in total. The Hall–Kier alpha value is -0.300. The summed E-state index contributed by atoms with van der Waals surface area (Å²) in [5.74, 6) is 0. The van der Waals surface area contributed by atoms with Gasteiger partial charge in [0.15, 0.2) is 0 Å². The van der Waals surface area contributed by atoms with Crippen LogP contribution in [-0.2, 0) is 10.0 Å². The van der Waals surface area contributed by atoms with Gasteiger partial charge in [0, 0.05) is 0 Å². The molecule has 1 aliphatic heterocycles. The van der Waals surface area contributed by atoms with Crippen LogP contribution in [0.25, 0.3) is 0 Å². The van der Waals surface area contributed by atoms with E-state index in [0.29, 0.717) is 4.55 Å². The first kappa shape index (κ1) is 9.26. The van der Waals surface area contributed by atoms with Gasteiger partial charge in [-0.3, -0.25) is 0 Å². The van der Waals surface area contributed by atoms with Gasteiger partial charge in [-0.15, -0.1) is 0 Å². The molecule has 72 valence electrons. The third-order valence-electron chi connectivity index (χ3n) is 1.83. The number of nitrogens with zero attached hydrogens (tertiary/aromatic N) is 1. The Bertz CT molecular complexity index is 430. The van der Waals surface area contributed by atoms with Gasteiger partial charge in [-0.05, 0) is 0 Å². The molecule has 0 radical (unpaired) electrons. The van der Waals surface area contributed by atoms with Gasteiger partial charge >= 0.3 is 88.3 Å². The number of sulfonamides is 1. The van der Waals surface area contributed by atoms with Gasteiger partial charge in [-0.1, -0.05) is 0 Å². The number of para-hydroxylation sites is 1. The summed E-state index contributed by atoms with van der Waals surface area (Å²) < 4.78 is 26.1. The van der Waals surface area contributed by atoms with Gasteiger partial charge in [-0.2, -0.15) is 0 Å². The van der Waals surface area contributed by atoms with Crippen LogP contribution in [0.3, 0.4) is 0 Å². The minimum absolute atomic E-state index is 0.137. The molecule has 0 aromatic heterocycles. The van der Waals surface area contributed by atoms with Gasteiger partial charge in [0.1, 0.15) is 0 Å². The molecule has 3 nitrogen and oxygen atoms in total. The van der Waals surface area contributed by atoms with E-state index in [9.17, 15) is 8.42 Å². The van der Waals surface area contributed by atoms with Gasteiger partial charge in [0.2, 0.25) is 0 Å². The Morgan fingerprint density at radius 1 is 1.38 bits per heavy atom. The molecule has 0 fully saturated rings. The number of fused-ring (bicyclic) bond motifs is 1. The molecule has 0 spiro atoms. The molecule has 1 heterocycles. The Kier molecular flexibility index (Phi) is 2.23. The van der Waals surface area contributed by atoms with E-state index in [1.807, 2.05) is 24.3 Å². The van der Waals surface area contributed by atoms with Crippen molar-refractivity contribution in [1.82, 2.24) is 0 Å². The number of anilines is 1. The van der Waals surface area contributed by atoms with Crippen LogP contribution in [-0.4, -0.2) is 19.2 Å². The number of alkyl halides is 1. The molecule has 0 saturated heterocycles. The van der Waals surface area contributed by atoms with E-state index >= 15 is 0 Å². The van der Waals surface area contributed by atoms with Crippen molar-refractivity contribution in [1.29, 1.82) is 0 Å². The van der Waals surface area contributed by atoms with E-state index in [0.717, 1.165) is 5.69 Å². The van der Waals surface area contributed by atoms with Crippen LogP contribution in [0, 0.1) is 3.57 Å². The summed E-state index contributed by atoms with van der Waals surface area (Å²) in [6.07, 6.45) is 1.26. The first-order valence-corrected chi connectivity index (χ1v) is 8.20. The van der Waals surface area contributed by atoms with Crippen molar-refractivity contribution in [3.8, 4) is 0 Å². The molecule has 0 atom stereocenters. The number of halogens is 1. The summed E-state index contributed by atoms with van der Waals surface area (Å²) in [7, 11) is -3.06. The summed E-state index contributed by atoms with van der Waals surface area (Å²) in [4.78, 5) is 0. The van der Waals surface area contributed by atoms with Crippen LogP contribution in [0.1, 0.15) is 0 Å². The zero-order valence-electron chi connectivity index (χ0n) is 7.07. The van der Waals surface area contributed by atoms with Crippen molar-refractivity contribution >= 4 is 15.7 Å². The Morgan fingerprint density at radius 3 is 2.77 bits per heavy atom. The zero-order valence-corrected chi connectivity index (χ0v) is 10.0. The molecule has 0 unspecified atom stereocenters. The van der Waals surface area contributed by atoms with E-state index in [4.69, 9.17) is 0 Å². The summed E-state index contributed by atoms with van der Waals surface area (Å²) in [6, 6.07) is 7.74. The fraction of sp³-hybridized carbons (Fsp3) is 0.250. The van der Waals surface area contributed by atoms with Crippen molar-refractivity contribution < 1.29 is 29.6 Å². The molecular weight excluding hydrogens is 301 g/mol. The summed E-state index contributed by atoms with van der Waals surface area (Å²) in [5.41, 5.74) is 0.887. The number of hydrogen-bond acceptors (Lipinski definition) is 2. The van der Waals surface area contributed by atoms with Crippen LogP contribution in [0.2, 0.25) is 0 Å². The average Bonchev–Trinajstić information content (AvgIpc) is 2.45. The fourth-order valence-electron chi connectivity index (χ4n) is 1.22. The van der Waals surface area contributed by atoms with Crippen LogP contribution in [0.15, 0.2) is 24.3 Å². The quantitative estimate of drug-likeness (QED) is 0.332. The van der Waals surface area contributed by atoms with Gasteiger partial charge in [0.05, 0.1) is 0 Å². The van der Waals surface area contributed by atoms with Crippen molar-refractivity contribution in [3.05, 3.63) is 27.8 Å². The first-order valence-electron chi connectivity index (χ1n) is 3.75. The van der Waals surface area contributed by atoms with E-state index in [1.54, 1.807) is 0 Å². The van der Waals surface area contributed by atoms with E-state index in [2.05, 4.69) is 0 Å². The summed E-state index contributed by atoms with van der Waals surface area (Å²) in [5, 5.41) is 0. The minimum atomic E-state index is -3.06. The summed E-state index contributed by atoms with van der Waals surface area (Å²) >= 11 is -0.137. The maximum atomic E-state index is 11.3. The van der Waals surface area contributed by atoms with Crippen molar-refractivity contribution in [2.24, 2.45) is 0 Å². The topological polar surface area (TPSA) is 37.4 Å². The molecule has 1 aliphatic rings. The normalized spacial score (nSPS) is 16.5. The molecule has 0 amide bonds. The molecule has 5 heteroatoms. The van der Waals surface area contributed by atoms with E-state index in [-0.39, 0.29) is 21.2 Å². The molecule has 13 heavy (non-hydrogen) atoms. The second kappa shape index (κ2) is 3.13. The fourth-order valence-corrected chi connectivity index (χ4v) is 6.29. The predicted molar refractivity (Wildman–Crippen MR) is 47.3 cm³/mol. The van der Waals surface area contributed by atoms with Crippen LogP contribution < -0.4 is 25.5 Å². The molecule has 1 aromatic carbocycles. The number of benzene rings is 1. The molecule has 2 rings (SSSR count). The standard InChI is InChI=1S/C8H9INO2S/c1-13(11,12)10-6-9-7-4-2-3-5-8(7)10/h2-5H,6H2,1H3/q-1. The maximum absolute atomic E-state index is 11.3. The molecular formula is C8H9INO2S-. The first-order chi connectivity index (χ1) is 6.09. The van der Waals surface area contributed by atoms with Crippen LogP contribution >= 0.6 is 0 Å². The van der Waals surface area contributed by atoms with Crippen molar-refractivity contribution in [3.63, 3.8) is 0 Å². The summed E-state index contributed by atoms with van der Waals surface area (Å²) in [6.45, 7) is 0.